The fraction of sp³-hybridized carbons (Fsp3) is 0.263. The highest BCUT2D eigenvalue weighted by atomic mass is 19.4. The van der Waals surface area contributed by atoms with Gasteiger partial charge in [-0.25, -0.2) is 4.98 Å². The van der Waals surface area contributed by atoms with Crippen LogP contribution in [0.4, 0.5) is 18.9 Å². The van der Waals surface area contributed by atoms with Crippen molar-refractivity contribution in [3.8, 4) is 11.1 Å². The number of rotatable bonds is 3. The van der Waals surface area contributed by atoms with E-state index in [1.165, 1.54) is 12.3 Å². The molecule has 28 heavy (non-hydrogen) atoms. The van der Waals surface area contributed by atoms with Gasteiger partial charge < -0.3 is 19.7 Å². The maximum atomic E-state index is 13.5. The van der Waals surface area contributed by atoms with E-state index < -0.39 is 18.3 Å². The molecule has 1 fully saturated rings. The fourth-order valence-electron chi connectivity index (χ4n) is 3.37. The van der Waals surface area contributed by atoms with Gasteiger partial charge in [-0.15, -0.1) is 0 Å². The number of benzene rings is 1. The van der Waals surface area contributed by atoms with Gasteiger partial charge >= 0.3 is 6.18 Å². The number of aliphatic hydroxyl groups excluding tert-OH is 1. The number of fused-ring (bicyclic) bond motifs is 1. The minimum atomic E-state index is -4.63. The molecule has 2 aromatic heterocycles. The number of carbonyl (C=O) groups excluding carboxylic acids is 1. The Morgan fingerprint density at radius 3 is 2.79 bits per heavy atom. The molecule has 146 valence electrons. The second-order valence-electron chi connectivity index (χ2n) is 6.40. The van der Waals surface area contributed by atoms with Gasteiger partial charge in [0, 0.05) is 29.4 Å². The Balaban J connectivity index is 1.79. The van der Waals surface area contributed by atoms with Crippen LogP contribution in [-0.2, 0) is 22.3 Å². The van der Waals surface area contributed by atoms with E-state index in [-0.39, 0.29) is 29.2 Å². The molecule has 1 aliphatic rings. The number of pyridine rings is 1. The SMILES string of the molecule is O=C1COCCN1c1cccc(-c2cnc3[nH]c(CO)c(C(F)(F)F)c3c2)c1. The number of H-pyrrole nitrogens is 1. The molecule has 0 aliphatic carbocycles. The number of aromatic amines is 1. The summed E-state index contributed by atoms with van der Waals surface area (Å²) in [7, 11) is 0. The first-order valence-electron chi connectivity index (χ1n) is 8.55. The predicted octanol–water partition coefficient (Wildman–Crippen LogP) is 3.10. The maximum absolute atomic E-state index is 13.5. The van der Waals surface area contributed by atoms with E-state index in [4.69, 9.17) is 4.74 Å². The van der Waals surface area contributed by atoms with Crippen LogP contribution in [0.1, 0.15) is 11.3 Å². The van der Waals surface area contributed by atoms with E-state index in [0.717, 1.165) is 0 Å². The molecule has 6 nitrogen and oxygen atoms in total. The van der Waals surface area contributed by atoms with Gasteiger partial charge in [0.15, 0.2) is 0 Å². The van der Waals surface area contributed by atoms with E-state index in [1.807, 2.05) is 0 Å². The van der Waals surface area contributed by atoms with Crippen LogP contribution in [0.15, 0.2) is 36.5 Å². The Morgan fingerprint density at radius 2 is 2.07 bits per heavy atom. The van der Waals surface area contributed by atoms with Gasteiger partial charge in [-0.2, -0.15) is 13.2 Å². The number of alkyl halides is 3. The van der Waals surface area contributed by atoms with Gasteiger partial charge in [-0.3, -0.25) is 4.79 Å². The number of aliphatic hydroxyl groups is 1. The van der Waals surface area contributed by atoms with Crippen molar-refractivity contribution in [3.63, 3.8) is 0 Å². The van der Waals surface area contributed by atoms with Crippen molar-refractivity contribution in [1.82, 2.24) is 9.97 Å². The molecule has 9 heteroatoms. The summed E-state index contributed by atoms with van der Waals surface area (Å²) in [6.07, 6.45) is -3.17. The minimum Gasteiger partial charge on any atom is -0.390 e. The van der Waals surface area contributed by atoms with Gasteiger partial charge in [-0.05, 0) is 23.8 Å². The monoisotopic (exact) mass is 391 g/mol. The zero-order valence-corrected chi connectivity index (χ0v) is 14.6. The maximum Gasteiger partial charge on any atom is 0.418 e. The highest BCUT2D eigenvalue weighted by Gasteiger charge is 2.37. The Hall–Kier alpha value is -2.91. The molecule has 0 atom stereocenters. The molecule has 0 bridgehead atoms. The summed E-state index contributed by atoms with van der Waals surface area (Å²) in [6.45, 7) is 0.0658. The number of halogens is 3. The van der Waals surface area contributed by atoms with Crippen molar-refractivity contribution in [2.75, 3.05) is 24.7 Å². The molecule has 4 rings (SSSR count). The van der Waals surface area contributed by atoms with Crippen LogP contribution in [0.3, 0.4) is 0 Å². The van der Waals surface area contributed by atoms with Gasteiger partial charge in [0.2, 0.25) is 0 Å². The Bertz CT molecular complexity index is 1050. The molecular weight excluding hydrogens is 375 g/mol. The third-order valence-corrected chi connectivity index (χ3v) is 4.65. The molecule has 1 saturated heterocycles. The predicted molar refractivity (Wildman–Crippen MR) is 95.6 cm³/mol. The summed E-state index contributed by atoms with van der Waals surface area (Å²) in [5.41, 5.74) is 0.570. The van der Waals surface area contributed by atoms with Crippen LogP contribution in [0.2, 0.25) is 0 Å². The van der Waals surface area contributed by atoms with E-state index in [0.29, 0.717) is 30.0 Å². The summed E-state index contributed by atoms with van der Waals surface area (Å²) >= 11 is 0. The highest BCUT2D eigenvalue weighted by Crippen LogP contribution is 2.38. The Kier molecular flexibility index (Phi) is 4.56. The molecule has 1 aromatic carbocycles. The first kappa shape index (κ1) is 18.5. The van der Waals surface area contributed by atoms with E-state index >= 15 is 0 Å². The molecule has 0 spiro atoms. The largest absolute Gasteiger partial charge is 0.418 e. The van der Waals surface area contributed by atoms with Gasteiger partial charge in [0.05, 0.1) is 24.5 Å². The summed E-state index contributed by atoms with van der Waals surface area (Å²) in [6, 6.07) is 8.36. The molecular formula is C19H16F3N3O3. The smallest absolute Gasteiger partial charge is 0.390 e. The number of amides is 1. The summed E-state index contributed by atoms with van der Waals surface area (Å²) in [4.78, 5) is 20.2. The van der Waals surface area contributed by atoms with Crippen molar-refractivity contribution in [2.24, 2.45) is 0 Å². The third-order valence-electron chi connectivity index (χ3n) is 4.65. The summed E-state index contributed by atoms with van der Waals surface area (Å²) in [5.74, 6) is -0.172. The van der Waals surface area contributed by atoms with Crippen LogP contribution in [0.5, 0.6) is 0 Å². The first-order chi connectivity index (χ1) is 13.4. The molecule has 2 N–H and O–H groups in total. The number of ether oxygens (including phenoxy) is 1. The number of carbonyl (C=O) groups is 1. The first-order valence-corrected chi connectivity index (χ1v) is 8.55. The molecule has 1 amide bonds. The van der Waals surface area contributed by atoms with Gasteiger partial charge in [-0.1, -0.05) is 12.1 Å². The van der Waals surface area contributed by atoms with Gasteiger partial charge in [0.1, 0.15) is 12.3 Å². The molecule has 3 heterocycles. The van der Waals surface area contributed by atoms with Crippen molar-refractivity contribution in [3.05, 3.63) is 47.8 Å². The number of nitrogens with one attached hydrogen (secondary N) is 1. The quantitative estimate of drug-likeness (QED) is 0.719. The zero-order chi connectivity index (χ0) is 19.9. The van der Waals surface area contributed by atoms with E-state index in [2.05, 4.69) is 9.97 Å². The number of nitrogens with zero attached hydrogens (tertiary/aromatic N) is 2. The van der Waals surface area contributed by atoms with E-state index in [1.54, 1.807) is 29.2 Å². The number of hydrogen-bond donors (Lipinski definition) is 2. The summed E-state index contributed by atoms with van der Waals surface area (Å²) < 4.78 is 45.5. The molecule has 0 saturated carbocycles. The third kappa shape index (κ3) is 3.23. The van der Waals surface area contributed by atoms with Crippen LogP contribution >= 0.6 is 0 Å². The van der Waals surface area contributed by atoms with Crippen molar-refractivity contribution >= 4 is 22.6 Å². The van der Waals surface area contributed by atoms with Crippen molar-refractivity contribution in [1.29, 1.82) is 0 Å². The lowest BCUT2D eigenvalue weighted by Crippen LogP contribution is -2.41. The van der Waals surface area contributed by atoms with Crippen LogP contribution in [-0.4, -0.2) is 40.7 Å². The number of anilines is 1. The lowest BCUT2D eigenvalue weighted by molar-refractivity contribution is -0.137. The lowest BCUT2D eigenvalue weighted by Gasteiger charge is -2.27. The molecule has 0 radical (unpaired) electrons. The summed E-state index contributed by atoms with van der Waals surface area (Å²) in [5, 5.41) is 9.16. The topological polar surface area (TPSA) is 78.5 Å². The normalized spacial score (nSPS) is 15.4. The second-order valence-corrected chi connectivity index (χ2v) is 6.40. The average molecular weight is 391 g/mol. The van der Waals surface area contributed by atoms with Crippen molar-refractivity contribution < 1.29 is 27.8 Å². The molecule has 3 aromatic rings. The van der Waals surface area contributed by atoms with Gasteiger partial charge in [0.25, 0.3) is 5.91 Å². The number of aromatic nitrogens is 2. The standard InChI is InChI=1S/C19H16F3N3O3/c20-19(21,22)17-14-7-12(8-23-18(14)24-15(17)9-26)11-2-1-3-13(6-11)25-4-5-28-10-16(25)27/h1-3,6-8,26H,4-5,9-10H2,(H,23,24). The van der Waals surface area contributed by atoms with Crippen molar-refractivity contribution in [2.45, 2.75) is 12.8 Å². The number of hydrogen-bond acceptors (Lipinski definition) is 4. The van der Waals surface area contributed by atoms with E-state index in [9.17, 15) is 23.1 Å². The Labute approximate surface area is 157 Å². The molecule has 1 aliphatic heterocycles. The second kappa shape index (κ2) is 6.92. The van der Waals surface area contributed by atoms with Crippen LogP contribution < -0.4 is 4.90 Å². The minimum absolute atomic E-state index is 0.0000281. The zero-order valence-electron chi connectivity index (χ0n) is 14.6. The number of morpholine rings is 1. The Morgan fingerprint density at radius 1 is 1.25 bits per heavy atom. The molecule has 0 unspecified atom stereocenters. The van der Waals surface area contributed by atoms with Crippen LogP contribution in [0, 0.1) is 0 Å². The average Bonchev–Trinajstić information content (AvgIpc) is 3.06. The van der Waals surface area contributed by atoms with Crippen LogP contribution in [0.25, 0.3) is 22.2 Å². The lowest BCUT2D eigenvalue weighted by atomic mass is 10.0. The fourth-order valence-corrected chi connectivity index (χ4v) is 3.37. The highest BCUT2D eigenvalue weighted by molar-refractivity contribution is 5.95.